The monoisotopic (exact) mass is 622 g/mol. The van der Waals surface area contributed by atoms with Gasteiger partial charge in [-0.25, -0.2) is 9.59 Å². The Morgan fingerprint density at radius 3 is 1.74 bits per heavy atom. The Hall–Kier alpha value is -5.88. The predicted molar refractivity (Wildman–Crippen MR) is 171 cm³/mol. The molecule has 0 fully saturated rings. The van der Waals surface area contributed by atoms with Crippen LogP contribution in [0.4, 0.5) is 0 Å². The molecule has 12 heteroatoms. The molecule has 12 nitrogen and oxygen atoms in total. The SMILES string of the molecule is CCCCn1c(C(=O)c2cc(C)cc(C#N)c2)c(CC)c(=O)[nH]c1=O.CCc1c(C(=O)c2cc(C)cc(C#N)c2)[nH]c(=O)[nH]c1=O. The van der Waals surface area contributed by atoms with E-state index in [0.717, 1.165) is 17.5 Å². The first-order chi connectivity index (χ1) is 21.9. The summed E-state index contributed by atoms with van der Waals surface area (Å²) in [7, 11) is 0. The highest BCUT2D eigenvalue weighted by Gasteiger charge is 2.22. The normalized spacial score (nSPS) is 10.3. The average molecular weight is 623 g/mol. The van der Waals surface area contributed by atoms with Gasteiger partial charge in [-0.15, -0.1) is 0 Å². The second-order valence-corrected chi connectivity index (χ2v) is 10.6. The van der Waals surface area contributed by atoms with E-state index in [1.165, 1.54) is 16.7 Å². The number of carbonyl (C=O) groups is 2. The van der Waals surface area contributed by atoms with Crippen LogP contribution in [0.2, 0.25) is 0 Å². The Morgan fingerprint density at radius 2 is 1.24 bits per heavy atom. The van der Waals surface area contributed by atoms with Crippen LogP contribution in [0.1, 0.15) is 99.1 Å². The number of aromatic amines is 3. The van der Waals surface area contributed by atoms with Crippen molar-refractivity contribution in [2.24, 2.45) is 0 Å². The largest absolute Gasteiger partial charge is 0.328 e. The summed E-state index contributed by atoms with van der Waals surface area (Å²) in [4.78, 5) is 80.0. The maximum absolute atomic E-state index is 13.1. The van der Waals surface area contributed by atoms with Crippen LogP contribution in [0.25, 0.3) is 0 Å². The Kier molecular flexibility index (Phi) is 11.4. The Balaban J connectivity index is 0.000000254. The van der Waals surface area contributed by atoms with Crippen LogP contribution in [0.5, 0.6) is 0 Å². The molecule has 4 aromatic rings. The van der Waals surface area contributed by atoms with E-state index in [1.807, 2.05) is 19.1 Å². The van der Waals surface area contributed by atoms with Gasteiger partial charge in [0.25, 0.3) is 11.1 Å². The maximum atomic E-state index is 13.1. The third-order valence-electron chi connectivity index (χ3n) is 7.16. The minimum Gasteiger partial charge on any atom is -0.304 e. The number of benzene rings is 2. The molecule has 2 aromatic carbocycles. The summed E-state index contributed by atoms with van der Waals surface area (Å²) in [6, 6.07) is 13.5. The lowest BCUT2D eigenvalue weighted by Crippen LogP contribution is -2.37. The molecule has 0 aliphatic carbocycles. The lowest BCUT2D eigenvalue weighted by Gasteiger charge is -2.15. The van der Waals surface area contributed by atoms with Crippen molar-refractivity contribution in [2.75, 3.05) is 0 Å². The minimum atomic E-state index is -0.728. The van der Waals surface area contributed by atoms with Gasteiger partial charge in [0.1, 0.15) is 5.69 Å². The van der Waals surface area contributed by atoms with Gasteiger partial charge < -0.3 is 4.98 Å². The summed E-state index contributed by atoms with van der Waals surface area (Å²) in [6.45, 7) is 9.39. The van der Waals surface area contributed by atoms with E-state index < -0.39 is 34.1 Å². The summed E-state index contributed by atoms with van der Waals surface area (Å²) in [5.74, 6) is -0.883. The molecule has 0 atom stereocenters. The maximum Gasteiger partial charge on any atom is 0.328 e. The van der Waals surface area contributed by atoms with Crippen LogP contribution >= 0.6 is 0 Å². The second-order valence-electron chi connectivity index (χ2n) is 10.6. The van der Waals surface area contributed by atoms with Crippen LogP contribution in [0.3, 0.4) is 0 Å². The minimum absolute atomic E-state index is 0.0271. The molecule has 0 radical (unpaired) electrons. The molecule has 3 N–H and O–H groups in total. The van der Waals surface area contributed by atoms with Gasteiger partial charge in [0.2, 0.25) is 11.6 Å². The molecule has 0 saturated carbocycles. The molecular formula is C34H34N6O6. The molecule has 0 aliphatic heterocycles. The van der Waals surface area contributed by atoms with Crippen LogP contribution < -0.4 is 22.5 Å². The smallest absolute Gasteiger partial charge is 0.304 e. The number of unbranched alkanes of at least 4 members (excludes halogenated alkanes) is 1. The standard InChI is InChI=1S/C19H21N3O3.C15H13N3O3/c1-4-6-7-22-16(15(5-2)18(24)21-19(22)25)17(23)14-9-12(3)8-13(10-14)11-20;1-3-11-12(17-15(21)18-14(11)20)13(19)10-5-8(2)4-9(6-10)7-16/h8-10H,4-7H2,1-3H3,(H,21,24,25);4-6H,3H2,1-2H3,(H2,17,18,20,21). The molecule has 0 spiro atoms. The molecule has 0 bridgehead atoms. The molecule has 0 aliphatic rings. The van der Waals surface area contributed by atoms with Crippen molar-refractivity contribution in [2.45, 2.75) is 66.8 Å². The van der Waals surface area contributed by atoms with Gasteiger partial charge >= 0.3 is 11.4 Å². The molecule has 0 amide bonds. The number of carbonyl (C=O) groups excluding carboxylic acids is 2. The van der Waals surface area contributed by atoms with Crippen LogP contribution in [0.15, 0.2) is 55.6 Å². The number of H-pyrrole nitrogens is 3. The summed E-state index contributed by atoms with van der Waals surface area (Å²) in [6.07, 6.45) is 2.21. The van der Waals surface area contributed by atoms with Crippen molar-refractivity contribution in [1.82, 2.24) is 19.5 Å². The number of aryl methyl sites for hydroxylation is 2. The van der Waals surface area contributed by atoms with E-state index in [2.05, 4.69) is 15.0 Å². The average Bonchev–Trinajstić information content (AvgIpc) is 3.02. The first-order valence-corrected chi connectivity index (χ1v) is 14.7. The fourth-order valence-corrected chi connectivity index (χ4v) is 5.01. The topological polar surface area (TPSA) is 202 Å². The number of aromatic nitrogens is 4. The Morgan fingerprint density at radius 1 is 0.717 bits per heavy atom. The number of hydrogen-bond acceptors (Lipinski definition) is 8. The lowest BCUT2D eigenvalue weighted by atomic mass is 9.99. The van der Waals surface area contributed by atoms with E-state index in [4.69, 9.17) is 10.5 Å². The van der Waals surface area contributed by atoms with Crippen molar-refractivity contribution in [1.29, 1.82) is 10.5 Å². The van der Waals surface area contributed by atoms with E-state index in [9.17, 15) is 28.8 Å². The molecule has 0 unspecified atom stereocenters. The predicted octanol–water partition coefficient (Wildman–Crippen LogP) is 3.35. The summed E-state index contributed by atoms with van der Waals surface area (Å²) in [5, 5.41) is 18.1. The van der Waals surface area contributed by atoms with Gasteiger partial charge in [-0.3, -0.25) is 33.7 Å². The molecule has 2 aromatic heterocycles. The fraction of sp³-hybridized carbons (Fsp3) is 0.294. The zero-order valence-corrected chi connectivity index (χ0v) is 26.3. The highest BCUT2D eigenvalue weighted by Crippen LogP contribution is 2.17. The van der Waals surface area contributed by atoms with E-state index in [1.54, 1.807) is 52.0 Å². The quantitative estimate of drug-likeness (QED) is 0.236. The highest BCUT2D eigenvalue weighted by atomic mass is 16.2. The van der Waals surface area contributed by atoms with Gasteiger partial charge in [-0.2, -0.15) is 10.5 Å². The number of rotatable bonds is 9. The van der Waals surface area contributed by atoms with Crippen molar-refractivity contribution in [3.8, 4) is 12.1 Å². The van der Waals surface area contributed by atoms with E-state index in [0.29, 0.717) is 48.1 Å². The van der Waals surface area contributed by atoms with Crippen molar-refractivity contribution in [3.05, 3.63) is 134 Å². The van der Waals surface area contributed by atoms with Gasteiger partial charge in [-0.05, 0) is 80.6 Å². The number of nitriles is 2. The van der Waals surface area contributed by atoms with Crippen LogP contribution in [-0.2, 0) is 19.4 Å². The number of hydrogen-bond donors (Lipinski definition) is 3. The lowest BCUT2D eigenvalue weighted by molar-refractivity contribution is 0.102. The molecule has 46 heavy (non-hydrogen) atoms. The zero-order chi connectivity index (χ0) is 34.1. The number of nitrogens with one attached hydrogen (secondary N) is 3. The van der Waals surface area contributed by atoms with Crippen molar-refractivity contribution < 1.29 is 9.59 Å². The van der Waals surface area contributed by atoms with Crippen molar-refractivity contribution >= 4 is 11.6 Å². The van der Waals surface area contributed by atoms with Gasteiger partial charge in [0.15, 0.2) is 0 Å². The summed E-state index contributed by atoms with van der Waals surface area (Å²) >= 11 is 0. The molecular weight excluding hydrogens is 588 g/mol. The van der Waals surface area contributed by atoms with E-state index >= 15 is 0 Å². The Bertz CT molecular complexity index is 2140. The number of ketones is 2. The third-order valence-corrected chi connectivity index (χ3v) is 7.16. The summed E-state index contributed by atoms with van der Waals surface area (Å²) in [5.41, 5.74) is 1.02. The Labute approximate surface area is 264 Å². The highest BCUT2D eigenvalue weighted by molar-refractivity contribution is 6.09. The second kappa shape index (κ2) is 15.2. The zero-order valence-electron chi connectivity index (χ0n) is 26.3. The fourth-order valence-electron chi connectivity index (χ4n) is 5.01. The van der Waals surface area contributed by atoms with Gasteiger partial charge in [0, 0.05) is 28.8 Å². The number of nitrogens with zero attached hydrogens (tertiary/aromatic N) is 3. The van der Waals surface area contributed by atoms with Gasteiger partial charge in [0.05, 0.1) is 29.0 Å². The third kappa shape index (κ3) is 7.79. The molecule has 4 rings (SSSR count). The van der Waals surface area contributed by atoms with Crippen LogP contribution in [0, 0.1) is 36.5 Å². The first kappa shape index (κ1) is 34.6. The summed E-state index contributed by atoms with van der Waals surface area (Å²) < 4.78 is 1.35. The molecule has 236 valence electrons. The molecule has 0 saturated heterocycles. The van der Waals surface area contributed by atoms with Crippen LogP contribution in [-0.4, -0.2) is 31.1 Å². The van der Waals surface area contributed by atoms with Gasteiger partial charge in [-0.1, -0.05) is 27.2 Å². The van der Waals surface area contributed by atoms with E-state index in [-0.39, 0.29) is 22.5 Å². The first-order valence-electron chi connectivity index (χ1n) is 14.7. The van der Waals surface area contributed by atoms with Crippen molar-refractivity contribution in [3.63, 3.8) is 0 Å². The molecule has 2 heterocycles.